The van der Waals surface area contributed by atoms with Crippen molar-refractivity contribution >= 4 is 22.6 Å². The molecule has 0 aliphatic heterocycles. The lowest BCUT2D eigenvalue weighted by Gasteiger charge is -2.02. The molecule has 0 amide bonds. The van der Waals surface area contributed by atoms with Crippen molar-refractivity contribution in [2.24, 2.45) is 0 Å². The molecule has 0 spiro atoms. The molecule has 0 radical (unpaired) electrons. The van der Waals surface area contributed by atoms with Crippen LogP contribution in [0.15, 0.2) is 60.0 Å². The van der Waals surface area contributed by atoms with Gasteiger partial charge in [-0.25, -0.2) is 9.37 Å². The quantitative estimate of drug-likeness (QED) is 0.513. The summed E-state index contributed by atoms with van der Waals surface area (Å²) in [6.45, 7) is 0. The first-order valence-corrected chi connectivity index (χ1v) is 7.92. The average Bonchev–Trinajstić information content (AvgIpc) is 3.15. The van der Waals surface area contributed by atoms with Gasteiger partial charge in [0.1, 0.15) is 17.2 Å². The maximum atomic E-state index is 13.1. The van der Waals surface area contributed by atoms with Gasteiger partial charge in [0.15, 0.2) is 11.2 Å². The van der Waals surface area contributed by atoms with Crippen molar-refractivity contribution in [1.29, 1.82) is 0 Å². The van der Waals surface area contributed by atoms with Crippen LogP contribution in [0.3, 0.4) is 0 Å². The minimum absolute atomic E-state index is 0.313. The van der Waals surface area contributed by atoms with E-state index in [1.807, 2.05) is 40.1 Å². The topological polar surface area (TPSA) is 34.4 Å². The largest absolute Gasteiger partial charge is 0.296 e. The zero-order valence-corrected chi connectivity index (χ0v) is 12.8. The van der Waals surface area contributed by atoms with Crippen molar-refractivity contribution in [1.82, 2.24) is 9.38 Å². The number of fused-ring (bicyclic) bond motifs is 1. The second-order valence-electron chi connectivity index (χ2n) is 5.08. The van der Waals surface area contributed by atoms with Gasteiger partial charge >= 0.3 is 0 Å². The molecule has 0 fully saturated rings. The lowest BCUT2D eigenvalue weighted by atomic mass is 10.1. The van der Waals surface area contributed by atoms with Gasteiger partial charge in [-0.15, -0.1) is 11.3 Å². The monoisotopic (exact) mass is 322 g/mol. The maximum Gasteiger partial charge on any atom is 0.195 e. The highest BCUT2D eigenvalue weighted by molar-refractivity contribution is 7.15. The highest BCUT2D eigenvalue weighted by Gasteiger charge is 2.18. The zero-order valence-electron chi connectivity index (χ0n) is 11.9. The number of carbonyl (C=O) groups is 1. The van der Waals surface area contributed by atoms with Gasteiger partial charge in [-0.2, -0.15) is 0 Å². The van der Waals surface area contributed by atoms with E-state index in [1.54, 1.807) is 12.1 Å². The standard InChI is InChI=1S/C18H11FN2OS/c19-14-8-6-13(7-9-14)17-15(10-22)21-16(11-23-18(21)20-17)12-4-2-1-3-5-12/h1-11H. The number of aldehydes is 1. The number of benzene rings is 2. The SMILES string of the molecule is O=Cc1c(-c2ccc(F)cc2)nc2scc(-c3ccccc3)n12. The molecule has 0 atom stereocenters. The molecule has 2 heterocycles. The van der Waals surface area contributed by atoms with Crippen molar-refractivity contribution < 1.29 is 9.18 Å². The van der Waals surface area contributed by atoms with Gasteiger partial charge in [-0.3, -0.25) is 9.20 Å². The van der Waals surface area contributed by atoms with Gasteiger partial charge < -0.3 is 0 Å². The summed E-state index contributed by atoms with van der Waals surface area (Å²) in [5.74, 6) is -0.313. The number of nitrogens with zero attached hydrogens (tertiary/aromatic N) is 2. The summed E-state index contributed by atoms with van der Waals surface area (Å²) in [4.78, 5) is 17.0. The van der Waals surface area contributed by atoms with E-state index < -0.39 is 0 Å². The fourth-order valence-electron chi connectivity index (χ4n) is 2.62. The first-order chi connectivity index (χ1) is 11.3. The first kappa shape index (κ1) is 13.8. The van der Waals surface area contributed by atoms with E-state index >= 15 is 0 Å². The van der Waals surface area contributed by atoms with Crippen LogP contribution in [0.5, 0.6) is 0 Å². The lowest BCUT2D eigenvalue weighted by molar-refractivity contribution is 0.111. The van der Waals surface area contributed by atoms with Gasteiger partial charge in [0.25, 0.3) is 0 Å². The summed E-state index contributed by atoms with van der Waals surface area (Å²) in [5, 5.41) is 1.99. The molecule has 0 unspecified atom stereocenters. The number of rotatable bonds is 3. The van der Waals surface area contributed by atoms with Gasteiger partial charge in [-0.1, -0.05) is 30.3 Å². The number of carbonyl (C=O) groups excluding carboxylic acids is 1. The van der Waals surface area contributed by atoms with E-state index in [2.05, 4.69) is 4.98 Å². The number of imidazole rings is 1. The minimum Gasteiger partial charge on any atom is -0.296 e. The van der Waals surface area contributed by atoms with E-state index in [9.17, 15) is 9.18 Å². The van der Waals surface area contributed by atoms with Crippen LogP contribution in [0.2, 0.25) is 0 Å². The van der Waals surface area contributed by atoms with Crippen LogP contribution in [0, 0.1) is 5.82 Å². The average molecular weight is 322 g/mol. The third-order valence-electron chi connectivity index (χ3n) is 3.70. The van der Waals surface area contributed by atoms with Gasteiger partial charge in [0.05, 0.1) is 5.69 Å². The molecular formula is C18H11FN2OS. The van der Waals surface area contributed by atoms with Crippen LogP contribution in [0.4, 0.5) is 4.39 Å². The third-order valence-corrected chi connectivity index (χ3v) is 4.52. The van der Waals surface area contributed by atoms with E-state index in [0.717, 1.165) is 28.1 Å². The van der Waals surface area contributed by atoms with Crippen molar-refractivity contribution in [2.45, 2.75) is 0 Å². The third kappa shape index (κ3) is 2.26. The number of thiazole rings is 1. The summed E-state index contributed by atoms with van der Waals surface area (Å²) in [7, 11) is 0. The number of hydrogen-bond donors (Lipinski definition) is 0. The second kappa shape index (κ2) is 5.44. The van der Waals surface area contributed by atoms with Crippen LogP contribution in [0.25, 0.3) is 27.5 Å². The summed E-state index contributed by atoms with van der Waals surface area (Å²) < 4.78 is 15.0. The molecule has 2 aromatic heterocycles. The van der Waals surface area contributed by atoms with E-state index in [0.29, 0.717) is 11.4 Å². The van der Waals surface area contributed by atoms with E-state index in [-0.39, 0.29) is 5.82 Å². The lowest BCUT2D eigenvalue weighted by Crippen LogP contribution is -1.94. The highest BCUT2D eigenvalue weighted by atomic mass is 32.1. The Bertz CT molecular complexity index is 987. The highest BCUT2D eigenvalue weighted by Crippen LogP contribution is 2.32. The van der Waals surface area contributed by atoms with Crippen LogP contribution < -0.4 is 0 Å². The Balaban J connectivity index is 1.97. The molecule has 0 saturated heterocycles. The first-order valence-electron chi connectivity index (χ1n) is 7.04. The molecule has 112 valence electrons. The predicted octanol–water partition coefficient (Wildman–Crippen LogP) is 4.68. The predicted molar refractivity (Wildman–Crippen MR) is 89.3 cm³/mol. The van der Waals surface area contributed by atoms with Crippen LogP contribution in [-0.2, 0) is 0 Å². The summed E-state index contributed by atoms with van der Waals surface area (Å²) >= 11 is 1.48. The Hall–Kier alpha value is -2.79. The summed E-state index contributed by atoms with van der Waals surface area (Å²) in [5.41, 5.74) is 3.72. The normalized spacial score (nSPS) is 11.0. The Morgan fingerprint density at radius 3 is 2.43 bits per heavy atom. The fraction of sp³-hybridized carbons (Fsp3) is 0. The maximum absolute atomic E-state index is 13.1. The van der Waals surface area contributed by atoms with E-state index in [4.69, 9.17) is 0 Å². The van der Waals surface area contributed by atoms with Crippen LogP contribution in [0.1, 0.15) is 10.5 Å². The molecule has 0 bridgehead atoms. The van der Waals surface area contributed by atoms with Crippen molar-refractivity contribution in [3.63, 3.8) is 0 Å². The van der Waals surface area contributed by atoms with Gasteiger partial charge in [0.2, 0.25) is 0 Å². The molecule has 23 heavy (non-hydrogen) atoms. The molecule has 2 aromatic carbocycles. The summed E-state index contributed by atoms with van der Waals surface area (Å²) in [6, 6.07) is 15.9. The Morgan fingerprint density at radius 2 is 1.74 bits per heavy atom. The van der Waals surface area contributed by atoms with Crippen molar-refractivity contribution in [3.05, 3.63) is 71.5 Å². The minimum atomic E-state index is -0.313. The van der Waals surface area contributed by atoms with Crippen molar-refractivity contribution in [3.8, 4) is 22.5 Å². The summed E-state index contributed by atoms with van der Waals surface area (Å²) in [6.07, 6.45) is 0.803. The second-order valence-corrected chi connectivity index (χ2v) is 5.91. The number of hydrogen-bond acceptors (Lipinski definition) is 3. The molecule has 5 heteroatoms. The molecular weight excluding hydrogens is 311 g/mol. The Morgan fingerprint density at radius 1 is 1.00 bits per heavy atom. The molecule has 4 aromatic rings. The molecule has 3 nitrogen and oxygen atoms in total. The number of aromatic nitrogens is 2. The fourth-order valence-corrected chi connectivity index (χ4v) is 3.52. The Kier molecular flexibility index (Phi) is 3.28. The van der Waals surface area contributed by atoms with Crippen LogP contribution >= 0.6 is 11.3 Å². The zero-order chi connectivity index (χ0) is 15.8. The number of halogens is 1. The van der Waals surface area contributed by atoms with Gasteiger partial charge in [-0.05, 0) is 29.8 Å². The molecule has 0 saturated carbocycles. The molecule has 4 rings (SSSR count). The molecule has 0 aliphatic rings. The van der Waals surface area contributed by atoms with Gasteiger partial charge in [0, 0.05) is 10.9 Å². The van der Waals surface area contributed by atoms with Crippen molar-refractivity contribution in [2.75, 3.05) is 0 Å². The smallest absolute Gasteiger partial charge is 0.195 e. The van der Waals surface area contributed by atoms with Crippen LogP contribution in [-0.4, -0.2) is 15.7 Å². The Labute approximate surface area is 135 Å². The molecule has 0 aliphatic carbocycles. The molecule has 0 N–H and O–H groups in total. The van der Waals surface area contributed by atoms with E-state index in [1.165, 1.54) is 23.5 Å².